The van der Waals surface area contributed by atoms with Crippen LogP contribution in [0.5, 0.6) is 0 Å². The Bertz CT molecular complexity index is 1230. The lowest BCUT2D eigenvalue weighted by Crippen LogP contribution is -2.41. The highest BCUT2D eigenvalue weighted by Gasteiger charge is 2.39. The summed E-state index contributed by atoms with van der Waals surface area (Å²) in [6.45, 7) is 0.970. The molecule has 0 spiro atoms. The van der Waals surface area contributed by atoms with E-state index in [9.17, 15) is 35.9 Å². The van der Waals surface area contributed by atoms with E-state index in [0.717, 1.165) is 5.56 Å². The number of amides is 2. The molecule has 17 heteroatoms. The molecule has 0 bridgehead atoms. The Morgan fingerprint density at radius 1 is 0.975 bits per heavy atom. The molecule has 1 heterocycles. The van der Waals surface area contributed by atoms with Crippen LogP contribution in [0.1, 0.15) is 27.9 Å². The normalized spacial score (nSPS) is 14.7. The van der Waals surface area contributed by atoms with Gasteiger partial charge in [-0.3, -0.25) is 15.0 Å². The van der Waals surface area contributed by atoms with E-state index in [1.54, 1.807) is 41.3 Å². The second kappa shape index (κ2) is 13.8. The minimum absolute atomic E-state index is 0.00908. The summed E-state index contributed by atoms with van der Waals surface area (Å²) in [5, 5.41) is 24.5. The van der Waals surface area contributed by atoms with E-state index in [0.29, 0.717) is 36.3 Å². The van der Waals surface area contributed by atoms with Gasteiger partial charge >= 0.3 is 24.3 Å². The number of carboxylic acid groups (broad SMARTS) is 2. The molecule has 2 aromatic rings. The summed E-state index contributed by atoms with van der Waals surface area (Å²) in [4.78, 5) is 44.4. The molecule has 0 aromatic heterocycles. The monoisotopic (exact) mass is 579 g/mol. The third kappa shape index (κ3) is 10.5. The fourth-order valence-electron chi connectivity index (χ4n) is 3.03. The first kappa shape index (κ1) is 33.2. The summed E-state index contributed by atoms with van der Waals surface area (Å²) < 4.78 is 63.5. The van der Waals surface area contributed by atoms with Crippen LogP contribution >= 0.6 is 0 Å². The van der Waals surface area contributed by atoms with Crippen molar-refractivity contribution < 1.29 is 55.7 Å². The number of likely N-dealkylation sites (tertiary alicyclic amines) is 1. The van der Waals surface area contributed by atoms with Crippen molar-refractivity contribution in [3.63, 3.8) is 0 Å². The maximum absolute atomic E-state index is 12.6. The smallest absolute Gasteiger partial charge is 0.475 e. The molecular weight excluding hydrogens is 556 g/mol. The summed E-state index contributed by atoms with van der Waals surface area (Å²) in [6.07, 6.45) is -9.62. The Labute approximate surface area is 221 Å². The van der Waals surface area contributed by atoms with Crippen molar-refractivity contribution >= 4 is 35.3 Å². The van der Waals surface area contributed by atoms with Crippen LogP contribution in [-0.4, -0.2) is 69.6 Å². The fraction of sp³-hybridized carbons (Fsp3) is 0.261. The number of para-hydroxylation sites is 1. The molecular formula is C23H23F6N5O6. The number of carbonyl (C=O) groups excluding carboxylic acids is 2. The predicted molar refractivity (Wildman–Crippen MR) is 127 cm³/mol. The van der Waals surface area contributed by atoms with Crippen LogP contribution in [0, 0.1) is 5.41 Å². The number of carboxylic acids is 2. The highest BCUT2D eigenvalue weighted by atomic mass is 19.4. The average molecular weight is 579 g/mol. The first-order valence-electron chi connectivity index (χ1n) is 10.8. The van der Waals surface area contributed by atoms with Crippen LogP contribution in [0.3, 0.4) is 0 Å². The summed E-state index contributed by atoms with van der Waals surface area (Å²) in [5.41, 5.74) is 13.6. The molecule has 1 aliphatic rings. The van der Waals surface area contributed by atoms with Gasteiger partial charge in [-0.15, -0.1) is 0 Å². The maximum atomic E-state index is 12.6. The number of halogens is 6. The van der Waals surface area contributed by atoms with Crippen LogP contribution in [0.15, 0.2) is 48.5 Å². The molecule has 1 fully saturated rings. The molecule has 0 saturated carbocycles. The van der Waals surface area contributed by atoms with Gasteiger partial charge in [0.15, 0.2) is 0 Å². The minimum atomic E-state index is -5.08. The number of hydrogen-bond acceptors (Lipinski definition) is 6. The number of anilines is 1. The number of amidine groups is 1. The third-order valence-electron chi connectivity index (χ3n) is 4.90. The molecule has 0 aliphatic carbocycles. The summed E-state index contributed by atoms with van der Waals surface area (Å²) in [6, 6.07) is 13.5. The standard InChI is InChI=1S/C19H21N5O2.2C2HF3O2/c20-15-7-2-1-6-14(15)18(25)23-16-8-9-24(19(16)26)11-12-4-3-5-13(10-12)17(21)22;2*3-2(4,5)1(6)7/h1-7,10,16H,8-9,11,20H2,(H3,21,22)(H,23,25);2*(H,6,7)/t16-;;/m0../s1. The lowest BCUT2D eigenvalue weighted by molar-refractivity contribution is -0.193. The number of rotatable bonds is 5. The molecule has 2 amide bonds. The van der Waals surface area contributed by atoms with Crippen molar-refractivity contribution in [2.45, 2.75) is 31.4 Å². The number of aliphatic carboxylic acids is 2. The van der Waals surface area contributed by atoms with Gasteiger partial charge in [0.2, 0.25) is 5.91 Å². The predicted octanol–water partition coefficient (Wildman–Crippen LogP) is 2.35. The van der Waals surface area contributed by atoms with Crippen LogP contribution < -0.4 is 16.8 Å². The first-order valence-corrected chi connectivity index (χ1v) is 10.8. The van der Waals surface area contributed by atoms with Crippen molar-refractivity contribution in [2.24, 2.45) is 5.73 Å². The zero-order valence-electron chi connectivity index (χ0n) is 20.2. The van der Waals surface area contributed by atoms with Crippen molar-refractivity contribution in [1.82, 2.24) is 10.2 Å². The van der Waals surface area contributed by atoms with E-state index >= 15 is 0 Å². The van der Waals surface area contributed by atoms with Gasteiger partial charge in [0.25, 0.3) is 5.91 Å². The van der Waals surface area contributed by atoms with Gasteiger partial charge in [-0.2, -0.15) is 26.3 Å². The number of nitrogens with two attached hydrogens (primary N) is 2. The summed E-state index contributed by atoms with van der Waals surface area (Å²) in [5.74, 6) is -5.99. The topological polar surface area (TPSA) is 200 Å². The third-order valence-corrected chi connectivity index (χ3v) is 4.90. The molecule has 3 rings (SSSR count). The molecule has 1 saturated heterocycles. The average Bonchev–Trinajstić information content (AvgIpc) is 3.17. The Morgan fingerprint density at radius 3 is 1.98 bits per heavy atom. The van der Waals surface area contributed by atoms with Gasteiger partial charge in [0, 0.05) is 24.3 Å². The van der Waals surface area contributed by atoms with Crippen LogP contribution in [-0.2, 0) is 20.9 Å². The van der Waals surface area contributed by atoms with E-state index in [1.165, 1.54) is 0 Å². The highest BCUT2D eigenvalue weighted by Crippen LogP contribution is 2.18. The number of benzene rings is 2. The number of nitrogens with one attached hydrogen (secondary N) is 2. The van der Waals surface area contributed by atoms with Gasteiger partial charge in [-0.25, -0.2) is 9.59 Å². The maximum Gasteiger partial charge on any atom is 0.490 e. The largest absolute Gasteiger partial charge is 0.490 e. The lowest BCUT2D eigenvalue weighted by atomic mass is 10.1. The minimum Gasteiger partial charge on any atom is -0.475 e. The molecule has 1 aliphatic heterocycles. The molecule has 1 atom stereocenters. The quantitative estimate of drug-likeness (QED) is 0.134. The zero-order chi connectivity index (χ0) is 30.8. The first-order chi connectivity index (χ1) is 18.3. The van der Waals surface area contributed by atoms with Crippen molar-refractivity contribution in [3.05, 3.63) is 65.2 Å². The van der Waals surface area contributed by atoms with Gasteiger partial charge in [-0.1, -0.05) is 30.3 Å². The second-order valence-electron chi connectivity index (χ2n) is 7.88. The molecule has 40 heavy (non-hydrogen) atoms. The van der Waals surface area contributed by atoms with E-state index < -0.39 is 30.3 Å². The van der Waals surface area contributed by atoms with Crippen molar-refractivity contribution in [3.8, 4) is 0 Å². The Kier molecular flexibility index (Phi) is 11.5. The van der Waals surface area contributed by atoms with Gasteiger partial charge < -0.3 is 31.9 Å². The SMILES string of the molecule is N=C(N)c1cccc(CN2CC[C@H](NC(=O)c3ccccc3N)C2=O)c1.O=C(O)C(F)(F)F.O=C(O)C(F)(F)F. The van der Waals surface area contributed by atoms with Gasteiger partial charge in [0.1, 0.15) is 11.9 Å². The van der Waals surface area contributed by atoms with E-state index in [-0.39, 0.29) is 17.6 Å². The molecule has 0 unspecified atom stereocenters. The molecule has 2 aromatic carbocycles. The van der Waals surface area contributed by atoms with Gasteiger partial charge in [-0.05, 0) is 30.2 Å². The van der Waals surface area contributed by atoms with Crippen molar-refractivity contribution in [2.75, 3.05) is 12.3 Å². The lowest BCUT2D eigenvalue weighted by Gasteiger charge is -2.18. The van der Waals surface area contributed by atoms with E-state index in [4.69, 9.17) is 36.7 Å². The summed E-state index contributed by atoms with van der Waals surface area (Å²) in [7, 11) is 0. The Morgan fingerprint density at radius 2 is 1.50 bits per heavy atom. The number of alkyl halides is 6. The Balaban J connectivity index is 0.000000473. The van der Waals surface area contributed by atoms with Crippen LogP contribution in [0.4, 0.5) is 32.0 Å². The number of carbonyl (C=O) groups is 4. The molecule has 8 N–H and O–H groups in total. The second-order valence-corrected chi connectivity index (χ2v) is 7.88. The fourth-order valence-corrected chi connectivity index (χ4v) is 3.03. The van der Waals surface area contributed by atoms with E-state index in [2.05, 4.69) is 5.32 Å². The summed E-state index contributed by atoms with van der Waals surface area (Å²) >= 11 is 0. The van der Waals surface area contributed by atoms with Gasteiger partial charge in [0.05, 0.1) is 5.56 Å². The molecule has 11 nitrogen and oxygen atoms in total. The molecule has 0 radical (unpaired) electrons. The number of nitrogens with zero attached hydrogens (tertiary/aromatic N) is 1. The zero-order valence-corrected chi connectivity index (χ0v) is 20.2. The van der Waals surface area contributed by atoms with Crippen molar-refractivity contribution in [1.29, 1.82) is 5.41 Å². The number of hydrogen-bond donors (Lipinski definition) is 6. The van der Waals surface area contributed by atoms with E-state index in [1.807, 2.05) is 12.1 Å². The van der Waals surface area contributed by atoms with Crippen LogP contribution in [0.2, 0.25) is 0 Å². The highest BCUT2D eigenvalue weighted by molar-refractivity contribution is 6.01. The molecule has 218 valence electrons. The number of nitrogen functional groups attached to an aromatic ring is 2. The Hall–Kier alpha value is -4.83. The van der Waals surface area contributed by atoms with Crippen LogP contribution in [0.25, 0.3) is 0 Å².